The molecule has 3 rings (SSSR count). The number of halogens is 2. The van der Waals surface area contributed by atoms with Crippen molar-refractivity contribution in [2.75, 3.05) is 0 Å². The smallest absolute Gasteiger partial charge is 0.343 e. The highest BCUT2D eigenvalue weighted by molar-refractivity contribution is 5.91. The van der Waals surface area contributed by atoms with Crippen LogP contribution >= 0.6 is 0 Å². The van der Waals surface area contributed by atoms with Crippen molar-refractivity contribution in [3.8, 4) is 5.75 Å². The molecule has 0 bridgehead atoms. The normalized spacial score (nSPS) is 19.5. The van der Waals surface area contributed by atoms with E-state index in [0.29, 0.717) is 11.5 Å². The molecule has 4 heteroatoms. The van der Waals surface area contributed by atoms with Gasteiger partial charge in [0.05, 0.1) is 5.56 Å². The molecule has 142 valence electrons. The van der Waals surface area contributed by atoms with Crippen LogP contribution in [-0.4, -0.2) is 5.97 Å². The molecule has 1 aliphatic carbocycles. The van der Waals surface area contributed by atoms with E-state index in [4.69, 9.17) is 4.74 Å². The second-order valence-electron chi connectivity index (χ2n) is 7.17. The highest BCUT2D eigenvalue weighted by Crippen LogP contribution is 2.37. The average molecular weight is 370 g/mol. The summed E-state index contributed by atoms with van der Waals surface area (Å²) in [6.45, 7) is 3.79. The lowest BCUT2D eigenvalue weighted by atomic mass is 9.77. The van der Waals surface area contributed by atoms with Crippen LogP contribution in [0.1, 0.15) is 60.4 Å². The number of benzene rings is 2. The van der Waals surface area contributed by atoms with Gasteiger partial charge in [0.25, 0.3) is 0 Å². The van der Waals surface area contributed by atoms with E-state index in [1.54, 1.807) is 12.1 Å². The molecule has 1 fully saturated rings. The molecule has 0 unspecified atom stereocenters. The molecule has 0 spiro atoms. The lowest BCUT2D eigenvalue weighted by molar-refractivity contribution is 0.0734. The first-order valence-electron chi connectivity index (χ1n) is 9.45. The molecule has 1 aliphatic rings. The molecule has 2 aromatic rings. The maximum atomic E-state index is 13.2. The van der Waals surface area contributed by atoms with Crippen LogP contribution in [0.2, 0.25) is 0 Å². The standard InChI is InChI=1S/C23H24F2O2/c1-2-3-4-16-5-7-17(8-6-16)18-9-11-19(12-10-18)23(26)27-20-13-14-21(24)22(25)15-20/h2,9-17H,1,3-8H2. The van der Waals surface area contributed by atoms with E-state index in [9.17, 15) is 13.6 Å². The minimum atomic E-state index is -1.04. The Morgan fingerprint density at radius 1 is 1.04 bits per heavy atom. The summed E-state index contributed by atoms with van der Waals surface area (Å²) < 4.78 is 31.3. The summed E-state index contributed by atoms with van der Waals surface area (Å²) in [4.78, 5) is 12.2. The third-order valence-electron chi connectivity index (χ3n) is 5.35. The summed E-state index contributed by atoms with van der Waals surface area (Å²) in [7, 11) is 0. The zero-order chi connectivity index (χ0) is 19.2. The van der Waals surface area contributed by atoms with Crippen molar-refractivity contribution in [2.45, 2.75) is 44.4 Å². The fourth-order valence-corrected chi connectivity index (χ4v) is 3.74. The van der Waals surface area contributed by atoms with Gasteiger partial charge in [0.1, 0.15) is 5.75 Å². The summed E-state index contributed by atoms with van der Waals surface area (Å²) in [5.74, 6) is -1.29. The first-order valence-corrected chi connectivity index (χ1v) is 9.45. The van der Waals surface area contributed by atoms with Gasteiger partial charge in [-0.15, -0.1) is 6.58 Å². The quantitative estimate of drug-likeness (QED) is 0.333. The monoisotopic (exact) mass is 370 g/mol. The van der Waals surface area contributed by atoms with Crippen LogP contribution in [0.4, 0.5) is 8.78 Å². The molecule has 0 amide bonds. The maximum Gasteiger partial charge on any atom is 0.343 e. The topological polar surface area (TPSA) is 26.3 Å². The summed E-state index contributed by atoms with van der Waals surface area (Å²) in [6, 6.07) is 10.4. The molecule has 0 aliphatic heterocycles. The van der Waals surface area contributed by atoms with Crippen molar-refractivity contribution < 1.29 is 18.3 Å². The lowest BCUT2D eigenvalue weighted by Gasteiger charge is -2.28. The highest BCUT2D eigenvalue weighted by Gasteiger charge is 2.22. The summed E-state index contributed by atoms with van der Waals surface area (Å²) in [6.07, 6.45) is 9.11. The third kappa shape index (κ3) is 5.03. The molecule has 1 saturated carbocycles. The van der Waals surface area contributed by atoms with Crippen molar-refractivity contribution in [3.05, 3.63) is 77.9 Å². The molecular weight excluding hydrogens is 346 g/mol. The van der Waals surface area contributed by atoms with Crippen LogP contribution in [0.3, 0.4) is 0 Å². The Labute approximate surface area is 158 Å². The largest absolute Gasteiger partial charge is 0.423 e. The summed E-state index contributed by atoms with van der Waals surface area (Å²) >= 11 is 0. The highest BCUT2D eigenvalue weighted by atomic mass is 19.2. The van der Waals surface area contributed by atoms with Gasteiger partial charge in [-0.05, 0) is 80.2 Å². The molecular formula is C23H24F2O2. The molecule has 0 radical (unpaired) electrons. The Morgan fingerprint density at radius 2 is 1.74 bits per heavy atom. The van der Waals surface area contributed by atoms with Crippen LogP contribution in [0, 0.1) is 17.6 Å². The van der Waals surface area contributed by atoms with Gasteiger partial charge in [-0.1, -0.05) is 18.2 Å². The molecule has 27 heavy (non-hydrogen) atoms. The number of ether oxygens (including phenoxy) is 1. The van der Waals surface area contributed by atoms with Gasteiger partial charge in [0, 0.05) is 6.07 Å². The van der Waals surface area contributed by atoms with Crippen LogP contribution in [0.15, 0.2) is 55.1 Å². The van der Waals surface area contributed by atoms with Crippen molar-refractivity contribution in [3.63, 3.8) is 0 Å². The van der Waals surface area contributed by atoms with Crippen molar-refractivity contribution in [1.82, 2.24) is 0 Å². The molecule has 2 aromatic carbocycles. The van der Waals surface area contributed by atoms with Gasteiger partial charge < -0.3 is 4.74 Å². The van der Waals surface area contributed by atoms with Crippen molar-refractivity contribution >= 4 is 5.97 Å². The van der Waals surface area contributed by atoms with Gasteiger partial charge in [-0.3, -0.25) is 0 Å². The first kappa shape index (κ1) is 19.3. The fourth-order valence-electron chi connectivity index (χ4n) is 3.74. The van der Waals surface area contributed by atoms with E-state index in [1.165, 1.54) is 43.7 Å². The van der Waals surface area contributed by atoms with Crippen LogP contribution in [0.25, 0.3) is 0 Å². The minimum absolute atomic E-state index is 0.0131. The summed E-state index contributed by atoms with van der Waals surface area (Å²) in [5.41, 5.74) is 1.63. The predicted octanol–water partition coefficient (Wildman–Crippen LogP) is 6.42. The van der Waals surface area contributed by atoms with Crippen molar-refractivity contribution in [2.24, 2.45) is 5.92 Å². The molecule has 0 saturated heterocycles. The van der Waals surface area contributed by atoms with Gasteiger partial charge >= 0.3 is 5.97 Å². The van der Waals surface area contributed by atoms with Gasteiger partial charge in [-0.2, -0.15) is 0 Å². The van der Waals surface area contributed by atoms with E-state index >= 15 is 0 Å². The van der Waals surface area contributed by atoms with E-state index in [-0.39, 0.29) is 5.75 Å². The van der Waals surface area contributed by atoms with Crippen molar-refractivity contribution in [1.29, 1.82) is 0 Å². The number of hydrogen-bond donors (Lipinski definition) is 0. The maximum absolute atomic E-state index is 13.2. The molecule has 2 nitrogen and oxygen atoms in total. The number of esters is 1. The molecule has 0 atom stereocenters. The molecule has 0 heterocycles. The average Bonchev–Trinajstić information content (AvgIpc) is 2.70. The number of carbonyl (C=O) groups excluding carboxylic acids is 1. The molecule has 0 aromatic heterocycles. The lowest BCUT2D eigenvalue weighted by Crippen LogP contribution is -2.14. The zero-order valence-electron chi connectivity index (χ0n) is 15.3. The second-order valence-corrected chi connectivity index (χ2v) is 7.17. The summed E-state index contributed by atoms with van der Waals surface area (Å²) in [5, 5.41) is 0. The first-order chi connectivity index (χ1) is 13.1. The Morgan fingerprint density at radius 3 is 2.37 bits per heavy atom. The number of allylic oxidation sites excluding steroid dienone is 1. The Bertz CT molecular complexity index is 791. The predicted molar refractivity (Wildman–Crippen MR) is 102 cm³/mol. The van der Waals surface area contributed by atoms with E-state index in [2.05, 4.69) is 6.58 Å². The van der Waals surface area contributed by atoms with Gasteiger partial charge in [0.2, 0.25) is 0 Å². The van der Waals surface area contributed by atoms with Crippen LogP contribution in [-0.2, 0) is 0 Å². The van der Waals surface area contributed by atoms with Gasteiger partial charge in [-0.25, -0.2) is 13.6 Å². The minimum Gasteiger partial charge on any atom is -0.423 e. The number of rotatable bonds is 6. The Balaban J connectivity index is 1.57. The Hall–Kier alpha value is -2.49. The van der Waals surface area contributed by atoms with E-state index in [0.717, 1.165) is 24.5 Å². The zero-order valence-corrected chi connectivity index (χ0v) is 15.3. The number of hydrogen-bond acceptors (Lipinski definition) is 2. The number of carbonyl (C=O) groups is 1. The van der Waals surface area contributed by atoms with Gasteiger partial charge in [0.15, 0.2) is 11.6 Å². The van der Waals surface area contributed by atoms with Crippen LogP contribution in [0.5, 0.6) is 5.75 Å². The van der Waals surface area contributed by atoms with E-state index in [1.807, 2.05) is 18.2 Å². The SMILES string of the molecule is C=CCCC1CCC(c2ccc(C(=O)Oc3ccc(F)c(F)c3)cc2)CC1. The van der Waals surface area contributed by atoms with E-state index < -0.39 is 17.6 Å². The van der Waals surface area contributed by atoms with Crippen LogP contribution < -0.4 is 4.74 Å². The Kier molecular flexibility index (Phi) is 6.38. The fraction of sp³-hybridized carbons (Fsp3) is 0.348. The second kappa shape index (κ2) is 8.94. The third-order valence-corrected chi connectivity index (χ3v) is 5.35. The molecule has 0 N–H and O–H groups in total.